The van der Waals surface area contributed by atoms with Crippen molar-refractivity contribution < 1.29 is 27.8 Å². The maximum atomic E-state index is 13.2. The van der Waals surface area contributed by atoms with Crippen LogP contribution in [0.2, 0.25) is 0 Å². The van der Waals surface area contributed by atoms with Gasteiger partial charge in [-0.3, -0.25) is 10.1 Å². The lowest BCUT2D eigenvalue weighted by molar-refractivity contribution is -0.135. The molecule has 0 radical (unpaired) electrons. The number of rotatable bonds is 6. The first-order chi connectivity index (χ1) is 14.4. The summed E-state index contributed by atoms with van der Waals surface area (Å²) in [5.74, 6) is -2.38. The Morgan fingerprint density at radius 2 is 1.93 bits per heavy atom. The van der Waals surface area contributed by atoms with Crippen molar-refractivity contribution in [1.82, 2.24) is 5.32 Å². The summed E-state index contributed by atoms with van der Waals surface area (Å²) in [6.45, 7) is 0.0939. The largest absolute Gasteiger partial charge is 0.489 e. The molecular formula is C20H15F2N3O4S. The van der Waals surface area contributed by atoms with E-state index in [4.69, 9.17) is 4.74 Å². The summed E-state index contributed by atoms with van der Waals surface area (Å²) in [7, 11) is 1.22. The van der Waals surface area contributed by atoms with Crippen molar-refractivity contribution >= 4 is 35.0 Å². The molecule has 3 rings (SSSR count). The first kappa shape index (κ1) is 21.2. The Hall–Kier alpha value is -3.53. The lowest BCUT2D eigenvalue weighted by Crippen LogP contribution is -2.19. The molecule has 1 heterocycles. The van der Waals surface area contributed by atoms with Gasteiger partial charge in [0.1, 0.15) is 12.4 Å². The molecule has 2 aromatic carbocycles. The normalized spacial score (nSPS) is 16.3. The van der Waals surface area contributed by atoms with Gasteiger partial charge in [0.25, 0.3) is 5.91 Å². The van der Waals surface area contributed by atoms with E-state index in [1.54, 1.807) is 24.3 Å². The second-order valence-corrected chi connectivity index (χ2v) is 6.87. The van der Waals surface area contributed by atoms with Crippen LogP contribution in [-0.2, 0) is 20.9 Å². The summed E-state index contributed by atoms with van der Waals surface area (Å²) in [5.41, 5.74) is 1.23. The van der Waals surface area contributed by atoms with Crippen molar-refractivity contribution in [3.63, 3.8) is 0 Å². The van der Waals surface area contributed by atoms with E-state index in [1.165, 1.54) is 19.4 Å². The summed E-state index contributed by atoms with van der Waals surface area (Å²) in [6.07, 6.45) is 2.55. The van der Waals surface area contributed by atoms with E-state index < -0.39 is 23.5 Å². The number of hydrogen-bond donors (Lipinski definition) is 1. The second kappa shape index (κ2) is 9.79. The fourth-order valence-corrected chi connectivity index (χ4v) is 2.97. The first-order valence-electron chi connectivity index (χ1n) is 8.51. The molecule has 1 amide bonds. The average molecular weight is 431 g/mol. The molecule has 0 aromatic heterocycles. The van der Waals surface area contributed by atoms with E-state index in [-0.39, 0.29) is 16.7 Å². The van der Waals surface area contributed by atoms with Crippen molar-refractivity contribution in [2.45, 2.75) is 6.61 Å². The van der Waals surface area contributed by atoms with Crippen LogP contribution in [0.5, 0.6) is 5.75 Å². The van der Waals surface area contributed by atoms with E-state index in [0.717, 1.165) is 35.5 Å². The highest BCUT2D eigenvalue weighted by Gasteiger charge is 2.24. The zero-order chi connectivity index (χ0) is 21.5. The Kier molecular flexibility index (Phi) is 6.91. The van der Waals surface area contributed by atoms with Crippen LogP contribution in [0.15, 0.2) is 63.6 Å². The van der Waals surface area contributed by atoms with Gasteiger partial charge in [-0.2, -0.15) is 5.10 Å². The van der Waals surface area contributed by atoms with Crippen LogP contribution in [0.1, 0.15) is 11.1 Å². The number of nitrogens with zero attached hydrogens (tertiary/aromatic N) is 2. The van der Waals surface area contributed by atoms with E-state index in [9.17, 15) is 18.4 Å². The topological polar surface area (TPSA) is 89.3 Å². The van der Waals surface area contributed by atoms with Gasteiger partial charge in [-0.25, -0.2) is 13.6 Å². The van der Waals surface area contributed by atoms with E-state index in [2.05, 4.69) is 20.3 Å². The maximum Gasteiger partial charge on any atom is 0.331 e. The Bertz CT molecular complexity index is 1050. The van der Waals surface area contributed by atoms with Gasteiger partial charge in [0, 0.05) is 6.08 Å². The van der Waals surface area contributed by atoms with Crippen LogP contribution in [0.3, 0.4) is 0 Å². The molecule has 1 aliphatic heterocycles. The number of amidine groups is 1. The zero-order valence-corrected chi connectivity index (χ0v) is 16.4. The van der Waals surface area contributed by atoms with Crippen LogP contribution in [0.25, 0.3) is 0 Å². The molecule has 7 nitrogen and oxygen atoms in total. The molecule has 0 spiro atoms. The lowest BCUT2D eigenvalue weighted by Gasteiger charge is -2.06. The van der Waals surface area contributed by atoms with Crippen LogP contribution in [0, 0.1) is 11.6 Å². The number of halogens is 2. The molecule has 0 bridgehead atoms. The molecule has 0 saturated carbocycles. The number of methoxy groups -OCH3 is 1. The molecule has 1 N–H and O–H groups in total. The second-order valence-electron chi connectivity index (χ2n) is 5.84. The minimum absolute atomic E-state index is 0.0939. The Balaban J connectivity index is 1.55. The number of carbonyl (C=O) groups excluding carboxylic acids is 2. The van der Waals surface area contributed by atoms with Crippen LogP contribution in [-0.4, -0.2) is 30.4 Å². The number of carbonyl (C=O) groups is 2. The van der Waals surface area contributed by atoms with Gasteiger partial charge in [-0.05, 0) is 59.3 Å². The molecule has 2 aromatic rings. The van der Waals surface area contributed by atoms with Crippen LogP contribution < -0.4 is 10.1 Å². The number of esters is 1. The summed E-state index contributed by atoms with van der Waals surface area (Å²) in [5, 5.41) is 10.5. The van der Waals surface area contributed by atoms with Crippen molar-refractivity contribution in [3.8, 4) is 5.75 Å². The zero-order valence-electron chi connectivity index (χ0n) is 15.6. The van der Waals surface area contributed by atoms with Crippen LogP contribution in [0.4, 0.5) is 8.78 Å². The average Bonchev–Trinajstić information content (AvgIpc) is 3.08. The van der Waals surface area contributed by atoms with Gasteiger partial charge < -0.3 is 9.47 Å². The SMILES string of the molecule is COC(=O)/C=C1/S/C(=N\N=Cc2ccc(OCc3ccc(F)c(F)c3)cc2)NC1=O. The summed E-state index contributed by atoms with van der Waals surface area (Å²) < 4.78 is 36.1. The highest BCUT2D eigenvalue weighted by Crippen LogP contribution is 2.23. The molecule has 0 atom stereocenters. The molecule has 1 saturated heterocycles. The predicted octanol–water partition coefficient (Wildman–Crippen LogP) is 3.15. The fraction of sp³-hybridized carbons (Fsp3) is 0.100. The number of thioether (sulfide) groups is 1. The Labute approximate surface area is 174 Å². The van der Waals surface area contributed by atoms with E-state index in [1.807, 2.05) is 0 Å². The Morgan fingerprint density at radius 1 is 1.17 bits per heavy atom. The van der Waals surface area contributed by atoms with Crippen molar-refractivity contribution in [1.29, 1.82) is 0 Å². The molecule has 0 aliphatic carbocycles. The van der Waals surface area contributed by atoms with Gasteiger partial charge in [0.2, 0.25) is 0 Å². The third-order valence-corrected chi connectivity index (χ3v) is 4.63. The molecule has 1 fully saturated rings. The van der Waals surface area contributed by atoms with E-state index >= 15 is 0 Å². The third kappa shape index (κ3) is 5.74. The Morgan fingerprint density at radius 3 is 2.63 bits per heavy atom. The lowest BCUT2D eigenvalue weighted by atomic mass is 10.2. The monoisotopic (exact) mass is 431 g/mol. The molecule has 154 valence electrons. The minimum Gasteiger partial charge on any atom is -0.489 e. The number of ether oxygens (including phenoxy) is 2. The van der Waals surface area contributed by atoms with Gasteiger partial charge in [-0.1, -0.05) is 6.07 Å². The van der Waals surface area contributed by atoms with Gasteiger partial charge in [0.05, 0.1) is 18.2 Å². The predicted molar refractivity (Wildman–Crippen MR) is 108 cm³/mol. The molecule has 1 aliphatic rings. The van der Waals surface area contributed by atoms with Gasteiger partial charge in [-0.15, -0.1) is 5.10 Å². The molecule has 30 heavy (non-hydrogen) atoms. The van der Waals surface area contributed by atoms with Crippen molar-refractivity contribution in [3.05, 3.63) is 76.2 Å². The van der Waals surface area contributed by atoms with Gasteiger partial charge >= 0.3 is 5.97 Å². The number of nitrogens with one attached hydrogen (secondary N) is 1. The third-order valence-electron chi connectivity index (χ3n) is 3.73. The summed E-state index contributed by atoms with van der Waals surface area (Å²) >= 11 is 0.972. The minimum atomic E-state index is -0.922. The van der Waals surface area contributed by atoms with Crippen molar-refractivity contribution in [2.24, 2.45) is 10.2 Å². The standard InChI is InChI=1S/C20H15F2N3O4S/c1-28-18(26)9-17-19(27)24-20(30-17)25-23-10-12-2-5-14(6-3-12)29-11-13-4-7-15(21)16(22)8-13/h2-10H,11H2,1H3,(H,24,25,27)/b17-9+,23-10?. The molecular weight excluding hydrogens is 416 g/mol. The maximum absolute atomic E-state index is 13.2. The summed E-state index contributed by atoms with van der Waals surface area (Å²) in [4.78, 5) is 23.1. The first-order valence-corrected chi connectivity index (χ1v) is 9.33. The molecule has 0 unspecified atom stereocenters. The molecule has 10 heteroatoms. The van der Waals surface area contributed by atoms with E-state index in [0.29, 0.717) is 11.3 Å². The number of hydrogen-bond acceptors (Lipinski definition) is 7. The van der Waals surface area contributed by atoms with Crippen LogP contribution >= 0.6 is 11.8 Å². The number of benzene rings is 2. The van der Waals surface area contributed by atoms with Gasteiger partial charge in [0.15, 0.2) is 16.8 Å². The number of amides is 1. The van der Waals surface area contributed by atoms with Crippen molar-refractivity contribution in [2.75, 3.05) is 7.11 Å². The smallest absolute Gasteiger partial charge is 0.331 e. The quantitative estimate of drug-likeness (QED) is 0.329. The highest BCUT2D eigenvalue weighted by molar-refractivity contribution is 8.18. The highest BCUT2D eigenvalue weighted by atomic mass is 32.2. The fourth-order valence-electron chi connectivity index (χ4n) is 2.24. The summed E-state index contributed by atoms with van der Waals surface area (Å²) in [6, 6.07) is 10.4.